The molecule has 52 heavy (non-hydrogen) atoms. The molecule has 1 atom stereocenters. The average molecular weight is 673 g/mol. The van der Waals surface area contributed by atoms with Crippen molar-refractivity contribution in [2.75, 3.05) is 16.8 Å². The first-order chi connectivity index (χ1) is 25.4. The highest BCUT2D eigenvalue weighted by molar-refractivity contribution is 6.07. The number of anilines is 2. The van der Waals surface area contributed by atoms with Crippen molar-refractivity contribution in [1.82, 2.24) is 0 Å². The van der Waals surface area contributed by atoms with Crippen molar-refractivity contribution >= 4 is 39.9 Å². The normalized spacial score (nSPS) is 16.2. The highest BCUT2D eigenvalue weighted by Gasteiger charge is 2.36. The zero-order valence-electron chi connectivity index (χ0n) is 30.5. The maximum atomic E-state index is 4.33. The predicted molar refractivity (Wildman–Crippen MR) is 225 cm³/mol. The van der Waals surface area contributed by atoms with E-state index in [1.165, 1.54) is 82.8 Å². The maximum Gasteiger partial charge on any atom is 0.132 e. The van der Waals surface area contributed by atoms with E-state index >= 15 is 0 Å². The molecule has 2 heteroatoms. The van der Waals surface area contributed by atoms with Crippen molar-refractivity contribution in [3.05, 3.63) is 197 Å². The zero-order chi connectivity index (χ0) is 35.8. The Kier molecular flexibility index (Phi) is 8.83. The summed E-state index contributed by atoms with van der Waals surface area (Å²) >= 11 is 0. The summed E-state index contributed by atoms with van der Waals surface area (Å²) in [6.07, 6.45) is 14.8. The molecule has 0 aromatic heterocycles. The molecule has 1 aliphatic heterocycles. The highest BCUT2D eigenvalue weighted by Crippen LogP contribution is 2.48. The molecule has 1 aliphatic carbocycles. The van der Waals surface area contributed by atoms with Crippen LogP contribution in [0.5, 0.6) is 0 Å². The molecule has 0 saturated heterocycles. The van der Waals surface area contributed by atoms with Gasteiger partial charge in [0, 0.05) is 12.7 Å². The summed E-state index contributed by atoms with van der Waals surface area (Å²) in [5.41, 5.74) is 14.6. The van der Waals surface area contributed by atoms with Crippen LogP contribution < -0.4 is 20.2 Å². The Bertz CT molecular complexity index is 2550. The fourth-order valence-electron chi connectivity index (χ4n) is 8.16. The van der Waals surface area contributed by atoms with E-state index in [0.29, 0.717) is 0 Å². The minimum atomic E-state index is 0.0685. The lowest BCUT2D eigenvalue weighted by Gasteiger charge is -2.32. The molecule has 0 amide bonds. The van der Waals surface area contributed by atoms with Crippen LogP contribution >= 0.6 is 0 Å². The summed E-state index contributed by atoms with van der Waals surface area (Å²) in [6, 6.07) is 46.3. The second-order valence-electron chi connectivity index (χ2n) is 13.9. The lowest BCUT2D eigenvalue weighted by molar-refractivity contribution is 0.701. The lowest BCUT2D eigenvalue weighted by atomic mass is 9.85. The largest absolute Gasteiger partial charge is 0.349 e. The molecule has 1 heterocycles. The van der Waals surface area contributed by atoms with Gasteiger partial charge in [-0.2, -0.15) is 0 Å². The molecular weight excluding hydrogens is 629 g/mol. The van der Waals surface area contributed by atoms with Gasteiger partial charge in [-0.15, -0.1) is 0 Å². The molecule has 0 bridgehead atoms. The van der Waals surface area contributed by atoms with Crippen LogP contribution in [0.3, 0.4) is 0 Å². The summed E-state index contributed by atoms with van der Waals surface area (Å²) in [7, 11) is 2.20. The number of nitrogens with zero attached hydrogens (tertiary/aromatic N) is 2. The van der Waals surface area contributed by atoms with E-state index in [4.69, 9.17) is 0 Å². The summed E-state index contributed by atoms with van der Waals surface area (Å²) < 4.78 is 0. The van der Waals surface area contributed by atoms with Gasteiger partial charge in [0.25, 0.3) is 0 Å². The number of hydrogen-bond acceptors (Lipinski definition) is 2. The molecule has 0 radical (unpaired) electrons. The predicted octanol–water partition coefficient (Wildman–Crippen LogP) is 11.5. The summed E-state index contributed by atoms with van der Waals surface area (Å²) in [4.78, 5) is 4.88. The Morgan fingerprint density at radius 2 is 1.38 bits per heavy atom. The van der Waals surface area contributed by atoms with Crippen molar-refractivity contribution in [2.45, 2.75) is 33.4 Å². The van der Waals surface area contributed by atoms with E-state index in [-0.39, 0.29) is 6.17 Å². The SMILES string of the molecule is C=C(C)/C=c1/c(-c2ccccc2C)c2ccc(C3=CCC=C(N4c5ccccc5N(C)C4c4ccccc4)C=C3)cc2c(-c2ccccc2)/c1=C/C. The van der Waals surface area contributed by atoms with Crippen molar-refractivity contribution in [3.8, 4) is 22.3 Å². The molecule has 0 saturated carbocycles. The van der Waals surface area contributed by atoms with Crippen LogP contribution in [0.2, 0.25) is 0 Å². The van der Waals surface area contributed by atoms with Crippen LogP contribution in [0.25, 0.3) is 50.8 Å². The Balaban J connectivity index is 1.30. The number of benzene rings is 6. The van der Waals surface area contributed by atoms with E-state index in [2.05, 4.69) is 208 Å². The molecule has 6 aromatic rings. The van der Waals surface area contributed by atoms with Crippen LogP contribution in [0.15, 0.2) is 170 Å². The molecule has 254 valence electrons. The van der Waals surface area contributed by atoms with Crippen molar-refractivity contribution in [1.29, 1.82) is 0 Å². The van der Waals surface area contributed by atoms with Crippen LogP contribution in [0.4, 0.5) is 11.4 Å². The van der Waals surface area contributed by atoms with Crippen molar-refractivity contribution < 1.29 is 0 Å². The van der Waals surface area contributed by atoms with Gasteiger partial charge in [-0.25, -0.2) is 0 Å². The summed E-state index contributed by atoms with van der Waals surface area (Å²) in [5.74, 6) is 0. The van der Waals surface area contributed by atoms with Gasteiger partial charge in [0.15, 0.2) is 0 Å². The minimum absolute atomic E-state index is 0.0685. The molecule has 0 spiro atoms. The molecular formula is C50H44N2. The summed E-state index contributed by atoms with van der Waals surface area (Å²) in [6.45, 7) is 10.8. The second kappa shape index (κ2) is 13.9. The van der Waals surface area contributed by atoms with Gasteiger partial charge in [-0.05, 0) is 117 Å². The number of allylic oxidation sites excluding steroid dienone is 6. The first kappa shape index (κ1) is 33.0. The molecule has 6 aromatic carbocycles. The number of fused-ring (bicyclic) bond motifs is 2. The van der Waals surface area contributed by atoms with Crippen molar-refractivity contribution in [2.24, 2.45) is 0 Å². The monoisotopic (exact) mass is 672 g/mol. The smallest absolute Gasteiger partial charge is 0.132 e. The molecule has 2 nitrogen and oxygen atoms in total. The first-order valence-electron chi connectivity index (χ1n) is 18.2. The van der Waals surface area contributed by atoms with E-state index in [1.54, 1.807) is 0 Å². The third kappa shape index (κ3) is 5.81. The van der Waals surface area contributed by atoms with Crippen LogP contribution in [-0.4, -0.2) is 7.05 Å². The van der Waals surface area contributed by atoms with Gasteiger partial charge < -0.3 is 9.80 Å². The Morgan fingerprint density at radius 3 is 2.12 bits per heavy atom. The lowest BCUT2D eigenvalue weighted by Crippen LogP contribution is -2.32. The molecule has 0 fully saturated rings. The Morgan fingerprint density at radius 1 is 0.692 bits per heavy atom. The third-order valence-electron chi connectivity index (χ3n) is 10.5. The van der Waals surface area contributed by atoms with Gasteiger partial charge in [-0.1, -0.05) is 152 Å². The number of rotatable bonds is 6. The average Bonchev–Trinajstić information content (AvgIpc) is 3.29. The van der Waals surface area contributed by atoms with Gasteiger partial charge in [0.1, 0.15) is 6.17 Å². The number of aryl methyl sites for hydroxylation is 1. The standard InChI is InChI=1S/C50H44N2/c1-6-41-44(32-34(2)3)49(42-25-14-13-18-35(42)4)43-31-29-39(33-45(43)48(41)37-19-9-7-10-20-37)36-23-17-24-40(30-28-36)52-47-27-16-15-26-46(47)51(5)50(52)38-21-11-8-12-22-38/h6-16,18-33,50H,2,17H2,1,3-5H3/b41-6+,44-32+. The van der Waals surface area contributed by atoms with E-state index in [1.807, 2.05) is 0 Å². The summed E-state index contributed by atoms with van der Waals surface area (Å²) in [5, 5.41) is 4.94. The number of hydrogen-bond donors (Lipinski definition) is 0. The highest BCUT2D eigenvalue weighted by atomic mass is 15.4. The maximum absolute atomic E-state index is 4.33. The molecule has 2 aliphatic rings. The van der Waals surface area contributed by atoms with Crippen LogP contribution in [-0.2, 0) is 0 Å². The van der Waals surface area contributed by atoms with E-state index in [0.717, 1.165) is 12.0 Å². The minimum Gasteiger partial charge on any atom is -0.349 e. The zero-order valence-corrected chi connectivity index (χ0v) is 30.5. The fraction of sp³-hybridized carbons (Fsp3) is 0.120. The molecule has 1 unspecified atom stereocenters. The quantitative estimate of drug-likeness (QED) is 0.174. The fourth-order valence-corrected chi connectivity index (χ4v) is 8.16. The first-order valence-corrected chi connectivity index (χ1v) is 18.2. The van der Waals surface area contributed by atoms with Crippen LogP contribution in [0.1, 0.15) is 43.1 Å². The number of para-hydroxylation sites is 2. The van der Waals surface area contributed by atoms with Gasteiger partial charge in [-0.3, -0.25) is 0 Å². The second-order valence-corrected chi connectivity index (χ2v) is 13.9. The van der Waals surface area contributed by atoms with Crippen LogP contribution in [0, 0.1) is 6.92 Å². The van der Waals surface area contributed by atoms with Gasteiger partial charge in [0.05, 0.1) is 11.4 Å². The van der Waals surface area contributed by atoms with Gasteiger partial charge in [0.2, 0.25) is 0 Å². The van der Waals surface area contributed by atoms with E-state index in [9.17, 15) is 0 Å². The van der Waals surface area contributed by atoms with Crippen molar-refractivity contribution in [3.63, 3.8) is 0 Å². The Labute approximate surface area is 308 Å². The third-order valence-corrected chi connectivity index (χ3v) is 10.5. The van der Waals surface area contributed by atoms with E-state index < -0.39 is 0 Å². The topological polar surface area (TPSA) is 6.48 Å². The van der Waals surface area contributed by atoms with Gasteiger partial charge >= 0.3 is 0 Å². The Hall–Kier alpha value is -6.12. The molecule has 8 rings (SSSR count). The molecule has 0 N–H and O–H groups in total.